The van der Waals surface area contributed by atoms with Crippen LogP contribution in [0.2, 0.25) is 0 Å². The number of aromatic carboxylic acids is 1. The van der Waals surface area contributed by atoms with Gasteiger partial charge in [0.1, 0.15) is 10.6 Å². The van der Waals surface area contributed by atoms with Crippen molar-refractivity contribution >= 4 is 16.0 Å². The van der Waals surface area contributed by atoms with Crippen LogP contribution in [0.4, 0.5) is 0 Å². The smallest absolute Gasteiger partial charge is 0.352 e. The highest BCUT2D eigenvalue weighted by molar-refractivity contribution is 7.89. The number of aryl methyl sites for hydroxylation is 1. The van der Waals surface area contributed by atoms with Crippen molar-refractivity contribution < 1.29 is 18.3 Å². The molecule has 1 aromatic rings. The van der Waals surface area contributed by atoms with Crippen molar-refractivity contribution in [3.8, 4) is 0 Å². The molecule has 2 heterocycles. The van der Waals surface area contributed by atoms with Crippen LogP contribution in [-0.4, -0.2) is 41.5 Å². The van der Waals surface area contributed by atoms with Gasteiger partial charge in [-0.15, -0.1) is 0 Å². The average molecular weight is 300 g/mol. The van der Waals surface area contributed by atoms with E-state index >= 15 is 0 Å². The molecule has 1 aliphatic heterocycles. The summed E-state index contributed by atoms with van der Waals surface area (Å²) in [5.41, 5.74) is 0.0103. The molecule has 0 aromatic carbocycles. The molecule has 1 aromatic heterocycles. The molecule has 2 rings (SSSR count). The normalized spacial score (nSPS) is 21.0. The second kappa shape index (κ2) is 5.57. The van der Waals surface area contributed by atoms with Gasteiger partial charge in [-0.1, -0.05) is 6.92 Å². The summed E-state index contributed by atoms with van der Waals surface area (Å²) in [7, 11) is -3.59. The molecule has 1 aliphatic rings. The van der Waals surface area contributed by atoms with Crippen LogP contribution in [0.1, 0.15) is 37.2 Å². The Balaban J connectivity index is 2.36. The fourth-order valence-electron chi connectivity index (χ4n) is 2.58. The molecule has 1 atom stereocenters. The first-order chi connectivity index (χ1) is 9.36. The van der Waals surface area contributed by atoms with Crippen LogP contribution < -0.4 is 0 Å². The molecule has 0 spiro atoms. The summed E-state index contributed by atoms with van der Waals surface area (Å²) in [4.78, 5) is 11.2. The number of piperidine rings is 1. The number of nitrogens with zero attached hydrogens (tertiary/aromatic N) is 2. The van der Waals surface area contributed by atoms with Gasteiger partial charge in [-0.3, -0.25) is 0 Å². The second-order valence-electron chi connectivity index (χ2n) is 5.26. The zero-order valence-corrected chi connectivity index (χ0v) is 12.6. The molecule has 112 valence electrons. The van der Waals surface area contributed by atoms with Crippen molar-refractivity contribution in [1.29, 1.82) is 0 Å². The van der Waals surface area contributed by atoms with Crippen molar-refractivity contribution in [3.05, 3.63) is 18.0 Å². The van der Waals surface area contributed by atoms with Gasteiger partial charge in [-0.2, -0.15) is 4.31 Å². The third-order valence-electron chi connectivity index (χ3n) is 3.69. The van der Waals surface area contributed by atoms with Crippen LogP contribution in [0.25, 0.3) is 0 Å². The maximum absolute atomic E-state index is 12.6. The van der Waals surface area contributed by atoms with E-state index < -0.39 is 16.0 Å². The first-order valence-corrected chi connectivity index (χ1v) is 8.24. The molecule has 0 radical (unpaired) electrons. The average Bonchev–Trinajstić information content (AvgIpc) is 2.83. The number of hydrogen-bond acceptors (Lipinski definition) is 3. The number of sulfonamides is 1. The van der Waals surface area contributed by atoms with E-state index in [0.717, 1.165) is 12.8 Å². The van der Waals surface area contributed by atoms with Crippen LogP contribution in [0.15, 0.2) is 17.2 Å². The molecule has 0 amide bonds. The fraction of sp³-hybridized carbons (Fsp3) is 0.615. The SMILES string of the molecule is CCn1cc(S(=O)(=O)N2CCCC(C)C2)cc1C(=O)O. The summed E-state index contributed by atoms with van der Waals surface area (Å²) in [6, 6.07) is 1.25. The first kappa shape index (κ1) is 15.1. The van der Waals surface area contributed by atoms with E-state index in [1.807, 2.05) is 6.92 Å². The lowest BCUT2D eigenvalue weighted by Gasteiger charge is -2.29. The van der Waals surface area contributed by atoms with Crippen LogP contribution >= 0.6 is 0 Å². The van der Waals surface area contributed by atoms with Crippen LogP contribution in [0.3, 0.4) is 0 Å². The van der Waals surface area contributed by atoms with Crippen molar-refractivity contribution in [3.63, 3.8) is 0 Å². The lowest BCUT2D eigenvalue weighted by atomic mass is 10.0. The third-order valence-corrected chi connectivity index (χ3v) is 5.52. The number of aromatic nitrogens is 1. The number of carboxylic acid groups (broad SMARTS) is 1. The highest BCUT2D eigenvalue weighted by atomic mass is 32.2. The van der Waals surface area contributed by atoms with Crippen LogP contribution in [0, 0.1) is 5.92 Å². The zero-order chi connectivity index (χ0) is 14.9. The fourth-order valence-corrected chi connectivity index (χ4v) is 4.22. The molecule has 20 heavy (non-hydrogen) atoms. The minimum Gasteiger partial charge on any atom is -0.477 e. The van der Waals surface area contributed by atoms with Gasteiger partial charge in [0.15, 0.2) is 0 Å². The number of hydrogen-bond donors (Lipinski definition) is 1. The summed E-state index contributed by atoms with van der Waals surface area (Å²) in [6.07, 6.45) is 3.29. The molecule has 1 saturated heterocycles. The Morgan fingerprint density at radius 3 is 2.70 bits per heavy atom. The van der Waals surface area contributed by atoms with Crippen molar-refractivity contribution in [2.75, 3.05) is 13.1 Å². The molecular formula is C13H20N2O4S. The van der Waals surface area contributed by atoms with Gasteiger partial charge in [0, 0.05) is 25.8 Å². The van der Waals surface area contributed by atoms with E-state index in [0.29, 0.717) is 25.6 Å². The van der Waals surface area contributed by atoms with Gasteiger partial charge >= 0.3 is 5.97 Å². The van der Waals surface area contributed by atoms with E-state index in [2.05, 4.69) is 0 Å². The lowest BCUT2D eigenvalue weighted by Crippen LogP contribution is -2.38. The molecular weight excluding hydrogens is 280 g/mol. The number of carboxylic acids is 1. The van der Waals surface area contributed by atoms with E-state index in [-0.39, 0.29) is 10.6 Å². The molecule has 6 nitrogen and oxygen atoms in total. The highest BCUT2D eigenvalue weighted by Gasteiger charge is 2.30. The van der Waals surface area contributed by atoms with E-state index in [1.165, 1.54) is 21.1 Å². The molecule has 0 saturated carbocycles. The maximum atomic E-state index is 12.6. The Morgan fingerprint density at radius 2 is 2.20 bits per heavy atom. The first-order valence-electron chi connectivity index (χ1n) is 6.80. The van der Waals surface area contributed by atoms with Gasteiger partial charge in [0.2, 0.25) is 10.0 Å². The molecule has 1 N–H and O–H groups in total. The van der Waals surface area contributed by atoms with Crippen molar-refractivity contribution in [1.82, 2.24) is 8.87 Å². The number of carbonyl (C=O) groups is 1. The van der Waals surface area contributed by atoms with E-state index in [9.17, 15) is 13.2 Å². The van der Waals surface area contributed by atoms with Crippen LogP contribution in [0.5, 0.6) is 0 Å². The number of rotatable bonds is 4. The Bertz CT molecular complexity index is 606. The predicted molar refractivity (Wildman–Crippen MR) is 74.2 cm³/mol. The van der Waals surface area contributed by atoms with E-state index in [4.69, 9.17) is 5.11 Å². The third kappa shape index (κ3) is 2.73. The molecule has 0 aliphatic carbocycles. The summed E-state index contributed by atoms with van der Waals surface area (Å²) in [5.74, 6) is -0.772. The Kier molecular flexibility index (Phi) is 4.19. The second-order valence-corrected chi connectivity index (χ2v) is 7.20. The summed E-state index contributed by atoms with van der Waals surface area (Å²) in [6.45, 7) is 5.25. The highest BCUT2D eigenvalue weighted by Crippen LogP contribution is 2.24. The molecule has 1 fully saturated rings. The minimum absolute atomic E-state index is 0.0103. The minimum atomic E-state index is -3.59. The molecule has 1 unspecified atom stereocenters. The van der Waals surface area contributed by atoms with Gasteiger partial charge in [-0.25, -0.2) is 13.2 Å². The van der Waals surface area contributed by atoms with Gasteiger partial charge in [-0.05, 0) is 31.7 Å². The zero-order valence-electron chi connectivity index (χ0n) is 11.7. The van der Waals surface area contributed by atoms with Crippen molar-refractivity contribution in [2.24, 2.45) is 5.92 Å². The van der Waals surface area contributed by atoms with Gasteiger partial charge in [0.25, 0.3) is 0 Å². The van der Waals surface area contributed by atoms with Gasteiger partial charge in [0.05, 0.1) is 0 Å². The van der Waals surface area contributed by atoms with Crippen LogP contribution in [-0.2, 0) is 16.6 Å². The Labute approximate surface area is 119 Å². The monoisotopic (exact) mass is 300 g/mol. The predicted octanol–water partition coefficient (Wildman–Crippen LogP) is 1.63. The van der Waals surface area contributed by atoms with E-state index in [1.54, 1.807) is 6.92 Å². The summed E-state index contributed by atoms with van der Waals surface area (Å²) in [5, 5.41) is 9.10. The lowest BCUT2D eigenvalue weighted by molar-refractivity contribution is 0.0685. The Morgan fingerprint density at radius 1 is 1.50 bits per heavy atom. The van der Waals surface area contributed by atoms with Crippen molar-refractivity contribution in [2.45, 2.75) is 38.1 Å². The maximum Gasteiger partial charge on any atom is 0.352 e. The molecule has 0 bridgehead atoms. The Hall–Kier alpha value is -1.34. The molecule has 7 heteroatoms. The summed E-state index contributed by atoms with van der Waals surface area (Å²) < 4.78 is 28.0. The standard InChI is InChI=1S/C13H20N2O4S/c1-3-14-9-11(7-12(14)13(16)17)20(18,19)15-6-4-5-10(2)8-15/h7,9-10H,3-6,8H2,1-2H3,(H,16,17). The topological polar surface area (TPSA) is 79.6 Å². The quantitative estimate of drug-likeness (QED) is 0.916. The largest absolute Gasteiger partial charge is 0.477 e. The summed E-state index contributed by atoms with van der Waals surface area (Å²) >= 11 is 0. The van der Waals surface area contributed by atoms with Gasteiger partial charge < -0.3 is 9.67 Å².